The zero-order valence-electron chi connectivity index (χ0n) is 12.2. The number of benzene rings is 1. The predicted molar refractivity (Wildman–Crippen MR) is 82.8 cm³/mol. The number of hydrogen-bond donors (Lipinski definition) is 1. The third kappa shape index (κ3) is 2.76. The fraction of sp³-hybridized carbons (Fsp3) is 0.353. The molecule has 0 spiro atoms. The van der Waals surface area contributed by atoms with Gasteiger partial charge in [-0.2, -0.15) is 0 Å². The van der Waals surface area contributed by atoms with E-state index in [9.17, 15) is 4.39 Å². The molecule has 0 radical (unpaired) electrons. The van der Waals surface area contributed by atoms with E-state index in [1.807, 2.05) is 12.3 Å². The van der Waals surface area contributed by atoms with Crippen LogP contribution in [-0.2, 0) is 0 Å². The number of nitrogens with one attached hydrogen (secondary N) is 1. The fourth-order valence-electron chi connectivity index (χ4n) is 3.35. The Balaban J connectivity index is 1.53. The van der Waals surface area contributed by atoms with Gasteiger partial charge in [0.2, 0.25) is 0 Å². The molecule has 0 aliphatic carbocycles. The number of anilines is 1. The van der Waals surface area contributed by atoms with Gasteiger partial charge in [0, 0.05) is 37.8 Å². The smallest absolute Gasteiger partial charge is 0.147 e. The van der Waals surface area contributed by atoms with Gasteiger partial charge in [0.1, 0.15) is 17.3 Å². The molecule has 2 aliphatic heterocycles. The number of aromatic nitrogens is 1. The van der Waals surface area contributed by atoms with Crippen molar-refractivity contribution < 1.29 is 9.13 Å². The molecule has 0 saturated carbocycles. The van der Waals surface area contributed by atoms with Gasteiger partial charge in [-0.15, -0.1) is 0 Å². The number of pyridine rings is 1. The lowest BCUT2D eigenvalue weighted by Crippen LogP contribution is -2.41. The van der Waals surface area contributed by atoms with Crippen molar-refractivity contribution in [3.63, 3.8) is 0 Å². The Hall–Kier alpha value is -2.14. The largest absolute Gasteiger partial charge is 0.456 e. The summed E-state index contributed by atoms with van der Waals surface area (Å²) in [5.74, 6) is 1.53. The second-order valence-corrected chi connectivity index (χ2v) is 6.05. The van der Waals surface area contributed by atoms with Gasteiger partial charge in [0.25, 0.3) is 0 Å². The molecule has 2 aromatic rings. The van der Waals surface area contributed by atoms with Gasteiger partial charge in [-0.3, -0.25) is 4.98 Å². The molecule has 2 fully saturated rings. The molecular formula is C17H18FN3O. The standard InChI is InChI=1S/C17H18FN3O/c18-13-2-1-3-16(5-13)22-17-6-15(8-19-9-17)21-10-12-4-14(11-21)20-7-12/h1-3,5-6,8-9,12,14,20H,4,7,10-11H2. The topological polar surface area (TPSA) is 37.4 Å². The summed E-state index contributed by atoms with van der Waals surface area (Å²) in [4.78, 5) is 6.62. The zero-order chi connectivity index (χ0) is 14.9. The first-order chi connectivity index (χ1) is 10.8. The van der Waals surface area contributed by atoms with Crippen molar-refractivity contribution in [1.29, 1.82) is 0 Å². The molecular weight excluding hydrogens is 281 g/mol. The molecule has 3 heterocycles. The van der Waals surface area contributed by atoms with E-state index in [1.165, 1.54) is 18.6 Å². The molecule has 2 saturated heterocycles. The van der Waals surface area contributed by atoms with E-state index in [0.29, 0.717) is 23.5 Å². The van der Waals surface area contributed by atoms with E-state index >= 15 is 0 Å². The van der Waals surface area contributed by atoms with Gasteiger partial charge in [0.05, 0.1) is 18.1 Å². The Morgan fingerprint density at radius 1 is 1.18 bits per heavy atom. The molecule has 4 nitrogen and oxygen atoms in total. The molecule has 1 aromatic carbocycles. The molecule has 1 aromatic heterocycles. The van der Waals surface area contributed by atoms with E-state index in [-0.39, 0.29) is 5.82 Å². The summed E-state index contributed by atoms with van der Waals surface area (Å²) < 4.78 is 18.9. The lowest BCUT2D eigenvalue weighted by atomic mass is 10.00. The van der Waals surface area contributed by atoms with Gasteiger partial charge in [-0.1, -0.05) is 6.07 Å². The van der Waals surface area contributed by atoms with Gasteiger partial charge in [-0.25, -0.2) is 4.39 Å². The Morgan fingerprint density at radius 3 is 3.00 bits per heavy atom. The van der Waals surface area contributed by atoms with Crippen LogP contribution >= 0.6 is 0 Å². The van der Waals surface area contributed by atoms with E-state index in [0.717, 1.165) is 25.3 Å². The number of hydrogen-bond acceptors (Lipinski definition) is 4. The normalized spacial score (nSPS) is 23.6. The zero-order valence-corrected chi connectivity index (χ0v) is 12.2. The number of piperidine rings is 1. The molecule has 0 amide bonds. The second kappa shape index (κ2) is 5.57. The van der Waals surface area contributed by atoms with Crippen LogP contribution in [0.1, 0.15) is 6.42 Å². The van der Waals surface area contributed by atoms with E-state index < -0.39 is 0 Å². The van der Waals surface area contributed by atoms with Crippen LogP contribution in [0.15, 0.2) is 42.7 Å². The maximum Gasteiger partial charge on any atom is 0.147 e. The van der Waals surface area contributed by atoms with Gasteiger partial charge in [0.15, 0.2) is 0 Å². The number of fused-ring (bicyclic) bond motifs is 2. The fourth-order valence-corrected chi connectivity index (χ4v) is 3.35. The highest BCUT2D eigenvalue weighted by Gasteiger charge is 2.32. The average Bonchev–Trinajstić information content (AvgIpc) is 2.86. The van der Waals surface area contributed by atoms with Crippen LogP contribution in [0.2, 0.25) is 0 Å². The second-order valence-electron chi connectivity index (χ2n) is 6.05. The third-order valence-electron chi connectivity index (χ3n) is 4.33. The van der Waals surface area contributed by atoms with E-state index in [2.05, 4.69) is 15.2 Å². The summed E-state index contributed by atoms with van der Waals surface area (Å²) in [5, 5.41) is 3.54. The molecule has 114 valence electrons. The summed E-state index contributed by atoms with van der Waals surface area (Å²) in [6.45, 7) is 3.16. The summed E-state index contributed by atoms with van der Waals surface area (Å²) in [7, 11) is 0. The van der Waals surface area contributed by atoms with Crippen molar-refractivity contribution in [2.24, 2.45) is 5.92 Å². The van der Waals surface area contributed by atoms with Crippen molar-refractivity contribution in [3.05, 3.63) is 48.5 Å². The summed E-state index contributed by atoms with van der Waals surface area (Å²) >= 11 is 0. The van der Waals surface area contributed by atoms with Crippen molar-refractivity contribution in [2.45, 2.75) is 12.5 Å². The molecule has 22 heavy (non-hydrogen) atoms. The lowest BCUT2D eigenvalue weighted by Gasteiger charge is -2.32. The molecule has 5 heteroatoms. The Morgan fingerprint density at radius 2 is 2.14 bits per heavy atom. The minimum atomic E-state index is -0.305. The average molecular weight is 299 g/mol. The van der Waals surface area contributed by atoms with Crippen LogP contribution < -0.4 is 15.0 Å². The molecule has 2 bridgehead atoms. The van der Waals surface area contributed by atoms with Crippen molar-refractivity contribution >= 4 is 5.69 Å². The summed E-state index contributed by atoms with van der Waals surface area (Å²) in [5.41, 5.74) is 1.06. The van der Waals surface area contributed by atoms with Gasteiger partial charge < -0.3 is 15.0 Å². The van der Waals surface area contributed by atoms with Gasteiger partial charge in [-0.05, 0) is 24.5 Å². The lowest BCUT2D eigenvalue weighted by molar-refractivity contribution is 0.465. The van der Waals surface area contributed by atoms with E-state index in [4.69, 9.17) is 4.74 Å². The van der Waals surface area contributed by atoms with Crippen LogP contribution in [0.3, 0.4) is 0 Å². The molecule has 2 atom stereocenters. The summed E-state index contributed by atoms with van der Waals surface area (Å²) in [6, 6.07) is 8.70. The quantitative estimate of drug-likeness (QED) is 0.945. The highest BCUT2D eigenvalue weighted by molar-refractivity contribution is 5.50. The first-order valence-electron chi connectivity index (χ1n) is 7.63. The van der Waals surface area contributed by atoms with Crippen LogP contribution in [-0.4, -0.2) is 30.7 Å². The van der Waals surface area contributed by atoms with Crippen LogP contribution in [0.25, 0.3) is 0 Å². The number of rotatable bonds is 3. The SMILES string of the molecule is Fc1cccc(Oc2cncc(N3CC4CNC(C4)C3)c2)c1. The first-order valence-corrected chi connectivity index (χ1v) is 7.63. The highest BCUT2D eigenvalue weighted by atomic mass is 19.1. The Bertz CT molecular complexity index is 666. The van der Waals surface area contributed by atoms with Crippen LogP contribution in [0, 0.1) is 11.7 Å². The van der Waals surface area contributed by atoms with Crippen molar-refractivity contribution in [1.82, 2.24) is 10.3 Å². The Kier molecular flexibility index (Phi) is 3.42. The van der Waals surface area contributed by atoms with E-state index in [1.54, 1.807) is 18.3 Å². The summed E-state index contributed by atoms with van der Waals surface area (Å²) in [6.07, 6.45) is 4.79. The van der Waals surface area contributed by atoms with Crippen LogP contribution in [0.5, 0.6) is 11.5 Å². The number of halogens is 1. The monoisotopic (exact) mass is 299 g/mol. The first kappa shape index (κ1) is 13.5. The molecule has 2 unspecified atom stereocenters. The molecule has 4 rings (SSSR count). The third-order valence-corrected chi connectivity index (χ3v) is 4.33. The maximum absolute atomic E-state index is 13.2. The van der Waals surface area contributed by atoms with Gasteiger partial charge >= 0.3 is 0 Å². The molecule has 1 N–H and O–H groups in total. The highest BCUT2D eigenvalue weighted by Crippen LogP contribution is 2.29. The minimum Gasteiger partial charge on any atom is -0.456 e. The number of ether oxygens (including phenoxy) is 1. The number of nitrogens with zero attached hydrogens (tertiary/aromatic N) is 2. The predicted octanol–water partition coefficient (Wildman–Crippen LogP) is 2.81. The Labute approximate surface area is 128 Å². The van der Waals surface area contributed by atoms with Crippen LogP contribution in [0.4, 0.5) is 10.1 Å². The van der Waals surface area contributed by atoms with Crippen molar-refractivity contribution in [2.75, 3.05) is 24.5 Å². The minimum absolute atomic E-state index is 0.305. The molecule has 2 aliphatic rings. The maximum atomic E-state index is 13.2. The van der Waals surface area contributed by atoms with Crippen molar-refractivity contribution in [3.8, 4) is 11.5 Å².